The first-order valence-corrected chi connectivity index (χ1v) is 8.14. The molecule has 25 heavy (non-hydrogen) atoms. The number of nitrogens with one attached hydrogen (secondary N) is 1. The lowest BCUT2D eigenvalue weighted by atomic mass is 9.94. The fourth-order valence-electron chi connectivity index (χ4n) is 3.17. The van der Waals surface area contributed by atoms with Gasteiger partial charge in [-0.1, -0.05) is 24.3 Å². The van der Waals surface area contributed by atoms with Gasteiger partial charge in [0.15, 0.2) is 0 Å². The predicted octanol–water partition coefficient (Wildman–Crippen LogP) is 1.99. The fourth-order valence-corrected chi connectivity index (χ4v) is 3.17. The molecule has 1 N–H and O–H groups in total. The molecular weight excluding hydrogens is 318 g/mol. The summed E-state index contributed by atoms with van der Waals surface area (Å²) < 4.78 is 7.04. The van der Waals surface area contributed by atoms with Gasteiger partial charge in [-0.05, 0) is 25.1 Å². The summed E-state index contributed by atoms with van der Waals surface area (Å²) in [6, 6.07) is 12.9. The van der Waals surface area contributed by atoms with Gasteiger partial charge in [0.25, 0.3) is 11.5 Å². The number of hydrogen-bond acceptors (Lipinski definition) is 4. The van der Waals surface area contributed by atoms with Gasteiger partial charge < -0.3 is 10.1 Å². The van der Waals surface area contributed by atoms with E-state index in [9.17, 15) is 9.59 Å². The molecule has 1 amide bonds. The average molecular weight is 335 g/mol. The third-order valence-electron chi connectivity index (χ3n) is 4.56. The highest BCUT2D eigenvalue weighted by Gasteiger charge is 2.30. The van der Waals surface area contributed by atoms with E-state index in [1.54, 1.807) is 24.4 Å². The SMILES string of the molecule is CC(NC(=O)c1cnc2ccccn2c1=O)C1COc2ccccc21. The number of amides is 1. The van der Waals surface area contributed by atoms with Crippen LogP contribution in [-0.2, 0) is 0 Å². The van der Waals surface area contributed by atoms with Gasteiger partial charge in [-0.3, -0.25) is 14.0 Å². The molecule has 1 aliphatic rings. The van der Waals surface area contributed by atoms with Gasteiger partial charge in [-0.25, -0.2) is 4.98 Å². The molecule has 0 saturated heterocycles. The third kappa shape index (κ3) is 2.65. The number of aromatic nitrogens is 2. The van der Waals surface area contributed by atoms with Crippen molar-refractivity contribution in [2.24, 2.45) is 0 Å². The van der Waals surface area contributed by atoms with Gasteiger partial charge >= 0.3 is 0 Å². The minimum atomic E-state index is -0.423. The van der Waals surface area contributed by atoms with E-state index in [-0.39, 0.29) is 23.1 Å². The Morgan fingerprint density at radius 1 is 1.28 bits per heavy atom. The number of fused-ring (bicyclic) bond motifs is 2. The summed E-state index contributed by atoms with van der Waals surface area (Å²) in [7, 11) is 0. The topological polar surface area (TPSA) is 72.7 Å². The first-order valence-electron chi connectivity index (χ1n) is 8.14. The maximum Gasteiger partial charge on any atom is 0.270 e. The molecule has 0 saturated carbocycles. The number of carbonyl (C=O) groups excluding carboxylic acids is 1. The van der Waals surface area contributed by atoms with Gasteiger partial charge in [-0.2, -0.15) is 0 Å². The van der Waals surface area contributed by atoms with E-state index < -0.39 is 5.91 Å². The summed E-state index contributed by atoms with van der Waals surface area (Å²) >= 11 is 0. The van der Waals surface area contributed by atoms with E-state index >= 15 is 0 Å². The van der Waals surface area contributed by atoms with Gasteiger partial charge in [-0.15, -0.1) is 0 Å². The largest absolute Gasteiger partial charge is 0.493 e. The molecule has 3 heterocycles. The number of ether oxygens (including phenoxy) is 1. The molecule has 4 rings (SSSR count). The van der Waals surface area contributed by atoms with E-state index in [2.05, 4.69) is 10.3 Å². The first kappa shape index (κ1) is 15.4. The van der Waals surface area contributed by atoms with Crippen molar-refractivity contribution in [3.63, 3.8) is 0 Å². The van der Waals surface area contributed by atoms with Gasteiger partial charge in [0.05, 0.1) is 6.61 Å². The van der Waals surface area contributed by atoms with E-state index in [1.165, 1.54) is 10.6 Å². The van der Waals surface area contributed by atoms with Crippen LogP contribution in [0.15, 0.2) is 59.7 Å². The Balaban J connectivity index is 1.59. The number of carbonyl (C=O) groups is 1. The molecule has 0 radical (unpaired) electrons. The lowest BCUT2D eigenvalue weighted by molar-refractivity contribution is 0.0930. The second kappa shape index (κ2) is 6.05. The van der Waals surface area contributed by atoms with Crippen LogP contribution in [0.5, 0.6) is 5.75 Å². The minimum absolute atomic E-state index is 0.0303. The number of hydrogen-bond donors (Lipinski definition) is 1. The van der Waals surface area contributed by atoms with Crippen LogP contribution in [0.25, 0.3) is 5.65 Å². The molecule has 0 aliphatic carbocycles. The van der Waals surface area contributed by atoms with Gasteiger partial charge in [0.2, 0.25) is 0 Å². The normalized spacial score (nSPS) is 16.9. The average Bonchev–Trinajstić information content (AvgIpc) is 3.06. The highest BCUT2D eigenvalue weighted by Crippen LogP contribution is 2.35. The van der Waals surface area contributed by atoms with Crippen molar-refractivity contribution in [1.82, 2.24) is 14.7 Å². The van der Waals surface area contributed by atoms with Crippen LogP contribution in [0.1, 0.15) is 28.8 Å². The van der Waals surface area contributed by atoms with Crippen molar-refractivity contribution in [1.29, 1.82) is 0 Å². The van der Waals surface area contributed by atoms with E-state index in [4.69, 9.17) is 4.74 Å². The summed E-state index contributed by atoms with van der Waals surface area (Å²) in [6.07, 6.45) is 2.94. The van der Waals surface area contributed by atoms with Gasteiger partial charge in [0.1, 0.15) is 17.0 Å². The lowest BCUT2D eigenvalue weighted by Gasteiger charge is -2.19. The molecule has 3 aromatic rings. The Hall–Kier alpha value is -3.15. The van der Waals surface area contributed by atoms with Crippen molar-refractivity contribution >= 4 is 11.6 Å². The summed E-state index contributed by atoms with van der Waals surface area (Å²) in [5.74, 6) is 0.477. The molecule has 0 bridgehead atoms. The van der Waals surface area contributed by atoms with E-state index in [0.29, 0.717) is 12.3 Å². The maximum atomic E-state index is 12.6. The van der Waals surface area contributed by atoms with Crippen molar-refractivity contribution < 1.29 is 9.53 Å². The minimum Gasteiger partial charge on any atom is -0.493 e. The number of nitrogens with zero attached hydrogens (tertiary/aromatic N) is 2. The van der Waals surface area contributed by atoms with Crippen molar-refractivity contribution in [3.8, 4) is 5.75 Å². The van der Waals surface area contributed by atoms with Crippen molar-refractivity contribution in [2.45, 2.75) is 18.9 Å². The zero-order valence-corrected chi connectivity index (χ0v) is 13.7. The number of benzene rings is 1. The zero-order chi connectivity index (χ0) is 17.4. The summed E-state index contributed by atoms with van der Waals surface area (Å²) in [5.41, 5.74) is 1.24. The summed E-state index contributed by atoms with van der Waals surface area (Å²) in [4.78, 5) is 29.3. The van der Waals surface area contributed by atoms with Crippen LogP contribution in [0, 0.1) is 0 Å². The molecule has 0 fully saturated rings. The monoisotopic (exact) mass is 335 g/mol. The highest BCUT2D eigenvalue weighted by atomic mass is 16.5. The standard InChI is InChI=1S/C19H17N3O3/c1-12(15-11-25-16-7-3-2-6-13(15)16)21-18(23)14-10-20-17-8-4-5-9-22(17)19(14)24/h2-10,12,15H,11H2,1H3,(H,21,23). The summed E-state index contributed by atoms with van der Waals surface area (Å²) in [6.45, 7) is 2.43. The van der Waals surface area contributed by atoms with Crippen LogP contribution in [0.4, 0.5) is 0 Å². The second-order valence-electron chi connectivity index (χ2n) is 6.12. The first-order chi connectivity index (χ1) is 12.1. The molecule has 6 heteroatoms. The molecule has 6 nitrogen and oxygen atoms in total. The Kier molecular flexibility index (Phi) is 3.72. The molecule has 2 atom stereocenters. The fraction of sp³-hybridized carbons (Fsp3) is 0.211. The Bertz CT molecular complexity index is 1010. The second-order valence-corrected chi connectivity index (χ2v) is 6.12. The van der Waals surface area contributed by atoms with Crippen molar-refractivity contribution in [3.05, 3.63) is 76.3 Å². The molecule has 2 unspecified atom stereocenters. The number of rotatable bonds is 3. The van der Waals surface area contributed by atoms with Crippen LogP contribution < -0.4 is 15.6 Å². The summed E-state index contributed by atoms with van der Waals surface area (Å²) in [5, 5.41) is 2.91. The zero-order valence-electron chi connectivity index (χ0n) is 13.7. The third-order valence-corrected chi connectivity index (χ3v) is 4.56. The smallest absolute Gasteiger partial charge is 0.270 e. The highest BCUT2D eigenvalue weighted by molar-refractivity contribution is 5.94. The van der Waals surface area contributed by atoms with E-state index in [0.717, 1.165) is 11.3 Å². The van der Waals surface area contributed by atoms with Crippen LogP contribution in [0.2, 0.25) is 0 Å². The molecular formula is C19H17N3O3. The van der Waals surface area contributed by atoms with Crippen LogP contribution in [0.3, 0.4) is 0 Å². The predicted molar refractivity (Wildman–Crippen MR) is 93.1 cm³/mol. The lowest BCUT2D eigenvalue weighted by Crippen LogP contribution is -2.40. The molecule has 1 aliphatic heterocycles. The molecule has 0 spiro atoms. The quantitative estimate of drug-likeness (QED) is 0.794. The van der Waals surface area contributed by atoms with Gasteiger partial charge in [0, 0.05) is 29.9 Å². The molecule has 1 aromatic carbocycles. The Morgan fingerprint density at radius 2 is 2.08 bits per heavy atom. The molecule has 2 aromatic heterocycles. The van der Waals surface area contributed by atoms with Crippen LogP contribution >= 0.6 is 0 Å². The number of para-hydroxylation sites is 1. The Labute approximate surface area is 144 Å². The van der Waals surface area contributed by atoms with Crippen molar-refractivity contribution in [2.75, 3.05) is 6.61 Å². The van der Waals surface area contributed by atoms with E-state index in [1.807, 2.05) is 31.2 Å². The Morgan fingerprint density at radius 3 is 2.96 bits per heavy atom. The van der Waals surface area contributed by atoms with Crippen LogP contribution in [-0.4, -0.2) is 27.9 Å². The maximum absolute atomic E-state index is 12.6. The number of pyridine rings is 1. The molecule has 126 valence electrons.